The molecule has 60 heavy (non-hydrogen) atoms. The quantitative estimate of drug-likeness (QED) is 0.165. The standard InChI is InChI=1S/C42H62O16.2H3N/c1-37(2)21-8-11-42(7)31(20(43)16-18-19-17-39(4,36(53)54)13-12-38(19,3)14-15-41(18,42)6)40(21,5)10-9-22(37)55-35-30(26(47)25(46)29(57-35)33(51)52)58-34-27(48)23(44)24(45)28(56-34)32(49)50;;/h16,19,21-31,34-35,44-48H,8-15,17H2,1-7H3,(H,49,50)(H,51,52)(H,53,54);2*1H3/p+2/t19-,21-,22-,23-,24-,25-,26-,27+,28-,29-,30+,31+,34-,35-,38+,39-,40-,41+,42+;;/m0../s1. The molecule has 0 aromatic rings. The van der Waals surface area contributed by atoms with E-state index in [2.05, 4.69) is 27.7 Å². The lowest BCUT2D eigenvalue weighted by atomic mass is 9.33. The molecule has 342 valence electrons. The number of allylic oxidation sites excluding steroid dienone is 2. The second-order valence-electron chi connectivity index (χ2n) is 20.6. The zero-order valence-corrected chi connectivity index (χ0v) is 36.4. The summed E-state index contributed by atoms with van der Waals surface area (Å²) in [7, 11) is 0. The normalized spacial score (nSPS) is 50.8. The minimum atomic E-state index is -2.05. The van der Waals surface area contributed by atoms with Crippen LogP contribution in [0.15, 0.2) is 11.6 Å². The molecule has 0 amide bonds. The van der Waals surface area contributed by atoms with Gasteiger partial charge in [0.05, 0.1) is 11.5 Å². The van der Waals surface area contributed by atoms with Gasteiger partial charge >= 0.3 is 17.9 Å². The number of carbonyl (C=O) groups is 4. The summed E-state index contributed by atoms with van der Waals surface area (Å²) in [6.07, 6.45) is -12.2. The van der Waals surface area contributed by atoms with Crippen LogP contribution in [0.1, 0.15) is 106 Å². The molecule has 0 unspecified atom stereocenters. The van der Waals surface area contributed by atoms with Gasteiger partial charge in [0.15, 0.2) is 30.6 Å². The Bertz CT molecular complexity index is 1740. The topological polar surface area (TPSA) is 340 Å². The first-order valence-corrected chi connectivity index (χ1v) is 20.7. The van der Waals surface area contributed by atoms with Crippen LogP contribution < -0.4 is 12.3 Å². The van der Waals surface area contributed by atoms with E-state index in [1.54, 1.807) is 0 Å². The number of carbonyl (C=O) groups excluding carboxylic acids is 1. The predicted octanol–water partition coefficient (Wildman–Crippen LogP) is 3.00. The number of aliphatic hydroxyl groups is 5. The van der Waals surface area contributed by atoms with Gasteiger partial charge in [-0.1, -0.05) is 47.1 Å². The van der Waals surface area contributed by atoms with Crippen LogP contribution in [0.4, 0.5) is 0 Å². The van der Waals surface area contributed by atoms with Crippen molar-refractivity contribution in [1.82, 2.24) is 12.3 Å². The van der Waals surface area contributed by atoms with Gasteiger partial charge in [0.25, 0.3) is 0 Å². The maximum Gasteiger partial charge on any atom is 0.335 e. The van der Waals surface area contributed by atoms with Gasteiger partial charge < -0.3 is 72.1 Å². The number of hydrogen-bond donors (Lipinski definition) is 10. The van der Waals surface area contributed by atoms with Gasteiger partial charge in [-0.25, -0.2) is 9.59 Å². The first kappa shape index (κ1) is 48.4. The number of quaternary nitrogens is 2. The Balaban J connectivity index is 0.00000341. The summed E-state index contributed by atoms with van der Waals surface area (Å²) in [5.41, 5.74) is -1.81. The summed E-state index contributed by atoms with van der Waals surface area (Å²) in [6.45, 7) is 14.8. The van der Waals surface area contributed by atoms with Crippen molar-refractivity contribution in [2.45, 2.75) is 174 Å². The van der Waals surface area contributed by atoms with E-state index in [-0.39, 0.29) is 46.7 Å². The minimum Gasteiger partial charge on any atom is -0.481 e. The Kier molecular flexibility index (Phi) is 12.8. The van der Waals surface area contributed by atoms with Crippen molar-refractivity contribution in [3.05, 3.63) is 11.6 Å². The number of ether oxygens (including phenoxy) is 4. The first-order chi connectivity index (χ1) is 26.8. The molecule has 0 aromatic carbocycles. The van der Waals surface area contributed by atoms with Gasteiger partial charge in [-0.05, 0) is 110 Å². The third-order valence-electron chi connectivity index (χ3n) is 17.2. The van der Waals surface area contributed by atoms with E-state index in [4.69, 9.17) is 18.9 Å². The minimum absolute atomic E-state index is 0. The molecule has 0 aromatic heterocycles. The van der Waals surface area contributed by atoms with Crippen molar-refractivity contribution in [2.75, 3.05) is 0 Å². The van der Waals surface area contributed by atoms with Crippen LogP contribution in [-0.2, 0) is 38.1 Å². The summed E-state index contributed by atoms with van der Waals surface area (Å²) in [6, 6.07) is 0. The van der Waals surface area contributed by atoms with Crippen LogP contribution in [0, 0.1) is 50.2 Å². The molecule has 0 spiro atoms. The molecule has 18 heteroatoms. The van der Waals surface area contributed by atoms with Crippen LogP contribution in [-0.4, -0.2) is 132 Å². The van der Waals surface area contributed by atoms with E-state index in [0.29, 0.717) is 25.7 Å². The third-order valence-corrected chi connectivity index (χ3v) is 17.2. The molecular formula is C42H70N2O16+2. The van der Waals surface area contributed by atoms with Crippen molar-refractivity contribution in [1.29, 1.82) is 0 Å². The number of aliphatic hydroxyl groups excluding tert-OH is 5. The molecule has 2 heterocycles. The number of carboxylic acid groups (broad SMARTS) is 3. The predicted molar refractivity (Wildman–Crippen MR) is 211 cm³/mol. The molecule has 6 fully saturated rings. The molecule has 5 aliphatic carbocycles. The maximum absolute atomic E-state index is 14.8. The summed E-state index contributed by atoms with van der Waals surface area (Å²) < 4.78 is 23.4. The second kappa shape index (κ2) is 15.9. The van der Waals surface area contributed by atoms with Crippen LogP contribution >= 0.6 is 0 Å². The first-order valence-electron chi connectivity index (χ1n) is 20.7. The Morgan fingerprint density at radius 2 is 1.25 bits per heavy atom. The highest BCUT2D eigenvalue weighted by Gasteiger charge is 2.71. The molecule has 0 radical (unpaired) electrons. The van der Waals surface area contributed by atoms with E-state index in [0.717, 1.165) is 37.7 Å². The van der Waals surface area contributed by atoms with Crippen molar-refractivity contribution in [3.63, 3.8) is 0 Å². The number of aliphatic carboxylic acids is 3. The van der Waals surface area contributed by atoms with Gasteiger partial charge in [0, 0.05) is 5.92 Å². The molecule has 0 bridgehead atoms. The molecule has 7 aliphatic rings. The Morgan fingerprint density at radius 3 is 1.83 bits per heavy atom. The molecule has 2 aliphatic heterocycles. The summed E-state index contributed by atoms with van der Waals surface area (Å²) >= 11 is 0. The van der Waals surface area contributed by atoms with Crippen molar-refractivity contribution < 1.29 is 79.0 Å². The van der Waals surface area contributed by atoms with Gasteiger partial charge in [-0.15, -0.1) is 0 Å². The SMILES string of the molecule is CC1(C)[C@@H](O[C@H]2O[C@H](C(=O)O)[C@@H](O)[C@H](O)[C@H]2O[C@@H]2O[C@H](C(=O)O)[C@@H](O)[C@H](O)[C@H]2O)CC[C@]2(C)[C@H]3C(=O)C=C4[C@@H]5C[C@@](C)(C(=O)O)CC[C@]5(C)CC[C@@]4(C)[C@]3(C)CC[C@@H]12.[NH4+].[NH4+]. The molecule has 18 nitrogen and oxygen atoms in total. The molecule has 16 N–H and O–H groups in total. The van der Waals surface area contributed by atoms with E-state index in [1.165, 1.54) is 0 Å². The van der Waals surface area contributed by atoms with Gasteiger partial charge in [0.1, 0.15) is 36.6 Å². The lowest BCUT2D eigenvalue weighted by Crippen LogP contribution is -2.68. The van der Waals surface area contributed by atoms with Crippen molar-refractivity contribution >= 4 is 23.7 Å². The van der Waals surface area contributed by atoms with E-state index in [1.807, 2.05) is 26.8 Å². The molecular weight excluding hydrogens is 788 g/mol. The van der Waals surface area contributed by atoms with E-state index < -0.39 is 107 Å². The van der Waals surface area contributed by atoms with Crippen LogP contribution in [0.2, 0.25) is 0 Å². The molecule has 2 saturated heterocycles. The molecule has 7 rings (SSSR count). The van der Waals surface area contributed by atoms with E-state index in [9.17, 15) is 60.0 Å². The fourth-order valence-electron chi connectivity index (χ4n) is 13.4. The number of hydrogen-bond acceptors (Lipinski definition) is 13. The van der Waals surface area contributed by atoms with Crippen molar-refractivity contribution in [3.8, 4) is 0 Å². The highest BCUT2D eigenvalue weighted by Crippen LogP contribution is 2.75. The average molecular weight is 859 g/mol. The smallest absolute Gasteiger partial charge is 0.335 e. The number of carboxylic acids is 3. The third kappa shape index (κ3) is 6.96. The van der Waals surface area contributed by atoms with Gasteiger partial charge in [0.2, 0.25) is 0 Å². The monoisotopic (exact) mass is 858 g/mol. The summed E-state index contributed by atoms with van der Waals surface area (Å²) in [4.78, 5) is 51.3. The fraction of sp³-hybridized carbons (Fsp3) is 0.857. The zero-order valence-electron chi connectivity index (χ0n) is 36.4. The second-order valence-corrected chi connectivity index (χ2v) is 20.6. The summed E-state index contributed by atoms with van der Waals surface area (Å²) in [5.74, 6) is -4.47. The fourth-order valence-corrected chi connectivity index (χ4v) is 13.4. The Labute approximate surface area is 350 Å². The zero-order chi connectivity index (χ0) is 42.9. The average Bonchev–Trinajstić information content (AvgIpc) is 3.13. The van der Waals surface area contributed by atoms with Crippen molar-refractivity contribution in [2.24, 2.45) is 50.2 Å². The highest BCUT2D eigenvalue weighted by molar-refractivity contribution is 5.95. The lowest BCUT2D eigenvalue weighted by molar-refractivity contribution is -0.371. The number of fused-ring (bicyclic) bond motifs is 7. The number of rotatable bonds is 7. The lowest BCUT2D eigenvalue weighted by Gasteiger charge is -2.70. The molecule has 4 saturated carbocycles. The molecule has 19 atom stereocenters. The maximum atomic E-state index is 14.8. The Morgan fingerprint density at radius 1 is 0.683 bits per heavy atom. The van der Waals surface area contributed by atoms with Crippen LogP contribution in [0.5, 0.6) is 0 Å². The Hall–Kier alpha value is -2.62. The van der Waals surface area contributed by atoms with Crippen LogP contribution in [0.25, 0.3) is 0 Å². The van der Waals surface area contributed by atoms with Crippen LogP contribution in [0.3, 0.4) is 0 Å². The van der Waals surface area contributed by atoms with Gasteiger partial charge in [-0.3, -0.25) is 9.59 Å². The summed E-state index contributed by atoms with van der Waals surface area (Å²) in [5, 5.41) is 83.0. The highest BCUT2D eigenvalue weighted by atomic mass is 16.8. The largest absolute Gasteiger partial charge is 0.481 e. The number of ketones is 1. The van der Waals surface area contributed by atoms with E-state index >= 15 is 0 Å². The van der Waals surface area contributed by atoms with Gasteiger partial charge in [-0.2, -0.15) is 0 Å².